The summed E-state index contributed by atoms with van der Waals surface area (Å²) in [7, 11) is 0. The molecule has 0 aromatic heterocycles. The molecule has 0 saturated heterocycles. The highest BCUT2D eigenvalue weighted by atomic mass is 16.3. The molecule has 3 heteroatoms. The summed E-state index contributed by atoms with van der Waals surface area (Å²) in [6.07, 6.45) is 9.35. The first kappa shape index (κ1) is 15.7. The van der Waals surface area contributed by atoms with E-state index in [9.17, 15) is 15.5 Å². The summed E-state index contributed by atoms with van der Waals surface area (Å²) in [5.41, 5.74) is 1.52. The Labute approximate surface area is 143 Å². The second kappa shape index (κ2) is 5.36. The number of aromatic hydroxyl groups is 1. The molecule has 3 aliphatic carbocycles. The van der Waals surface area contributed by atoms with E-state index in [2.05, 4.69) is 25.1 Å². The van der Waals surface area contributed by atoms with Gasteiger partial charge < -0.3 is 10.2 Å². The van der Waals surface area contributed by atoms with E-state index in [1.807, 2.05) is 12.1 Å². The van der Waals surface area contributed by atoms with Crippen LogP contribution in [0.15, 0.2) is 30.4 Å². The first-order chi connectivity index (χ1) is 11.5. The molecule has 2 N–H and O–H groups in total. The van der Waals surface area contributed by atoms with Crippen molar-refractivity contribution < 1.29 is 10.2 Å². The molecule has 1 aromatic carbocycles. The van der Waals surface area contributed by atoms with Crippen LogP contribution in [0.4, 0.5) is 0 Å². The van der Waals surface area contributed by atoms with Gasteiger partial charge in [0.1, 0.15) is 11.4 Å². The van der Waals surface area contributed by atoms with Gasteiger partial charge in [-0.1, -0.05) is 25.1 Å². The Morgan fingerprint density at radius 3 is 2.92 bits per heavy atom. The fraction of sp³-hybridized carbons (Fsp3) is 0.571. The summed E-state index contributed by atoms with van der Waals surface area (Å²) in [4.78, 5) is 0. The van der Waals surface area contributed by atoms with Crippen LogP contribution in [0, 0.1) is 28.6 Å². The molecule has 3 nitrogen and oxygen atoms in total. The van der Waals surface area contributed by atoms with Crippen molar-refractivity contribution in [3.05, 3.63) is 41.5 Å². The SMILES string of the molecule is CC[C@]12CC[C@@H]3c4ccc(O)cc4CC[C@H]3[C@@H]1C=C[C@@]2(O)CC#N. The number of allylic oxidation sites excluding steroid dienone is 1. The van der Waals surface area contributed by atoms with Gasteiger partial charge in [0.25, 0.3) is 0 Å². The van der Waals surface area contributed by atoms with E-state index in [4.69, 9.17) is 0 Å². The minimum absolute atomic E-state index is 0.182. The molecule has 5 atom stereocenters. The molecule has 0 radical (unpaired) electrons. The predicted octanol–water partition coefficient (Wildman–Crippen LogP) is 4.06. The van der Waals surface area contributed by atoms with Crippen molar-refractivity contribution in [2.24, 2.45) is 17.3 Å². The van der Waals surface area contributed by atoms with Gasteiger partial charge in [0, 0.05) is 5.41 Å². The number of nitrogens with zero attached hydrogens (tertiary/aromatic N) is 1. The van der Waals surface area contributed by atoms with Crippen molar-refractivity contribution in [3.63, 3.8) is 0 Å². The van der Waals surface area contributed by atoms with Gasteiger partial charge in [0.2, 0.25) is 0 Å². The number of hydrogen-bond donors (Lipinski definition) is 2. The van der Waals surface area contributed by atoms with E-state index < -0.39 is 5.60 Å². The van der Waals surface area contributed by atoms with Crippen molar-refractivity contribution in [2.45, 2.75) is 57.0 Å². The summed E-state index contributed by atoms with van der Waals surface area (Å²) < 4.78 is 0. The largest absolute Gasteiger partial charge is 0.508 e. The van der Waals surface area contributed by atoms with Crippen LogP contribution in [0.1, 0.15) is 56.1 Å². The van der Waals surface area contributed by atoms with Crippen LogP contribution in [0.3, 0.4) is 0 Å². The first-order valence-electron chi connectivity index (χ1n) is 9.15. The van der Waals surface area contributed by atoms with Gasteiger partial charge in [0.05, 0.1) is 12.5 Å². The third kappa shape index (κ3) is 1.93. The maximum Gasteiger partial charge on any atom is 0.115 e. The second-order valence-corrected chi connectivity index (χ2v) is 7.88. The highest BCUT2D eigenvalue weighted by Crippen LogP contribution is 2.63. The number of phenolic OH excluding ortho intramolecular Hbond substituents is 1. The maximum absolute atomic E-state index is 11.2. The zero-order valence-corrected chi connectivity index (χ0v) is 14.2. The molecular weight excluding hydrogens is 298 g/mol. The van der Waals surface area contributed by atoms with E-state index in [0.717, 1.165) is 32.1 Å². The lowest BCUT2D eigenvalue weighted by Gasteiger charge is -2.54. The Bertz CT molecular complexity index is 734. The number of fused-ring (bicyclic) bond motifs is 5. The summed E-state index contributed by atoms with van der Waals surface area (Å²) in [6.45, 7) is 2.16. The Hall–Kier alpha value is -1.79. The molecule has 3 aliphatic rings. The van der Waals surface area contributed by atoms with Gasteiger partial charge in [-0.2, -0.15) is 5.26 Å². The van der Waals surface area contributed by atoms with Crippen molar-refractivity contribution in [1.82, 2.24) is 0 Å². The van der Waals surface area contributed by atoms with E-state index >= 15 is 0 Å². The van der Waals surface area contributed by atoms with Crippen molar-refractivity contribution >= 4 is 0 Å². The van der Waals surface area contributed by atoms with Gasteiger partial charge in [0.15, 0.2) is 0 Å². The number of aryl methyl sites for hydroxylation is 1. The Morgan fingerprint density at radius 2 is 2.17 bits per heavy atom. The van der Waals surface area contributed by atoms with E-state index in [1.165, 1.54) is 11.1 Å². The Kier molecular flexibility index (Phi) is 3.51. The Morgan fingerprint density at radius 1 is 1.33 bits per heavy atom. The van der Waals surface area contributed by atoms with Gasteiger partial charge >= 0.3 is 0 Å². The van der Waals surface area contributed by atoms with Crippen LogP contribution < -0.4 is 0 Å². The summed E-state index contributed by atoms with van der Waals surface area (Å²) in [6, 6.07) is 8.03. The lowest BCUT2D eigenvalue weighted by atomic mass is 9.51. The zero-order valence-electron chi connectivity index (χ0n) is 14.2. The number of hydrogen-bond acceptors (Lipinski definition) is 3. The zero-order chi connectivity index (χ0) is 16.9. The molecule has 4 rings (SSSR count). The minimum Gasteiger partial charge on any atom is -0.508 e. The number of aliphatic hydroxyl groups is 1. The molecule has 24 heavy (non-hydrogen) atoms. The third-order valence-corrected chi connectivity index (χ3v) is 7.21. The topological polar surface area (TPSA) is 64.2 Å². The minimum atomic E-state index is -0.971. The highest BCUT2D eigenvalue weighted by Gasteiger charge is 2.60. The quantitative estimate of drug-likeness (QED) is 0.807. The normalized spacial score (nSPS) is 39.6. The molecule has 0 unspecified atom stereocenters. The van der Waals surface area contributed by atoms with Crippen LogP contribution >= 0.6 is 0 Å². The van der Waals surface area contributed by atoms with Gasteiger partial charge in [-0.05, 0) is 73.1 Å². The van der Waals surface area contributed by atoms with Gasteiger partial charge in [-0.25, -0.2) is 0 Å². The molecule has 0 bridgehead atoms. The first-order valence-corrected chi connectivity index (χ1v) is 9.15. The molecule has 0 amide bonds. The van der Waals surface area contributed by atoms with Gasteiger partial charge in [-0.15, -0.1) is 0 Å². The lowest BCUT2D eigenvalue weighted by Crippen LogP contribution is -2.52. The molecule has 0 heterocycles. The van der Waals surface area contributed by atoms with E-state index in [0.29, 0.717) is 23.5 Å². The summed E-state index contributed by atoms with van der Waals surface area (Å²) in [5, 5.41) is 30.2. The fourth-order valence-electron chi connectivity index (χ4n) is 6.05. The number of benzene rings is 1. The van der Waals surface area contributed by atoms with Crippen LogP contribution in [-0.2, 0) is 6.42 Å². The second-order valence-electron chi connectivity index (χ2n) is 7.88. The lowest BCUT2D eigenvalue weighted by molar-refractivity contribution is -0.0971. The van der Waals surface area contributed by atoms with Crippen molar-refractivity contribution in [3.8, 4) is 11.8 Å². The third-order valence-electron chi connectivity index (χ3n) is 7.21. The number of rotatable bonds is 2. The van der Waals surface area contributed by atoms with Crippen molar-refractivity contribution in [2.75, 3.05) is 0 Å². The number of nitriles is 1. The molecule has 0 spiro atoms. The molecule has 1 fully saturated rings. The van der Waals surface area contributed by atoms with E-state index in [-0.39, 0.29) is 11.8 Å². The van der Waals surface area contributed by atoms with Gasteiger partial charge in [-0.3, -0.25) is 0 Å². The molecular formula is C21H25NO2. The van der Waals surface area contributed by atoms with Crippen LogP contribution in [-0.4, -0.2) is 15.8 Å². The monoisotopic (exact) mass is 323 g/mol. The Balaban J connectivity index is 1.73. The van der Waals surface area contributed by atoms with Crippen LogP contribution in [0.5, 0.6) is 5.75 Å². The predicted molar refractivity (Wildman–Crippen MR) is 92.4 cm³/mol. The number of phenols is 1. The average molecular weight is 323 g/mol. The summed E-state index contributed by atoms with van der Waals surface area (Å²) >= 11 is 0. The van der Waals surface area contributed by atoms with Crippen LogP contribution in [0.2, 0.25) is 0 Å². The average Bonchev–Trinajstić information content (AvgIpc) is 2.88. The van der Waals surface area contributed by atoms with Crippen LogP contribution in [0.25, 0.3) is 0 Å². The fourth-order valence-corrected chi connectivity index (χ4v) is 6.05. The maximum atomic E-state index is 11.2. The highest BCUT2D eigenvalue weighted by molar-refractivity contribution is 5.41. The standard InChI is InChI=1S/C21H25NO2/c1-2-20-9-7-17-16-6-4-15(23)13-14(16)3-5-18(17)19(20)8-10-21(20,24)11-12-22/h4,6,8,10,13,17-19,23-24H,2-3,5,7,9,11H2,1H3/t17-,18-,19+,20+,21-/m1/s1. The molecule has 126 valence electrons. The smallest absolute Gasteiger partial charge is 0.115 e. The van der Waals surface area contributed by atoms with Crippen molar-refractivity contribution in [1.29, 1.82) is 5.26 Å². The van der Waals surface area contributed by atoms with E-state index in [1.54, 1.807) is 6.07 Å². The molecule has 1 aromatic rings. The molecule has 0 aliphatic heterocycles. The summed E-state index contributed by atoms with van der Waals surface area (Å²) in [5.74, 6) is 1.74. The molecule has 1 saturated carbocycles.